The van der Waals surface area contributed by atoms with Crippen molar-refractivity contribution in [2.75, 3.05) is 33.3 Å². The molecule has 1 aromatic carbocycles. The van der Waals surface area contributed by atoms with Crippen molar-refractivity contribution in [2.45, 2.75) is 44.6 Å². The molecule has 171 valence electrons. The molecule has 0 amide bonds. The Kier molecular flexibility index (Phi) is 9.89. The Labute approximate surface area is 171 Å². The number of carboxylic acids is 1. The quantitative estimate of drug-likeness (QED) is 0.516. The Hall–Kier alpha value is -2.01. The molecular weight excluding hydrogens is 418 g/mol. The summed E-state index contributed by atoms with van der Waals surface area (Å²) in [5, 5.41) is 10.6. The fraction of sp³-hybridized carbons (Fsp3) is 0.632. The fourth-order valence-electron chi connectivity index (χ4n) is 2.70. The number of carboxylic acid groups (broad SMARTS) is 1. The van der Waals surface area contributed by atoms with Gasteiger partial charge in [0.2, 0.25) is 0 Å². The van der Waals surface area contributed by atoms with Crippen LogP contribution < -0.4 is 10.1 Å². The zero-order valence-electron chi connectivity index (χ0n) is 16.7. The third-order valence-corrected chi connectivity index (χ3v) is 4.34. The highest BCUT2D eigenvalue weighted by molar-refractivity contribution is 5.73. The molecule has 0 aliphatic carbocycles. The molecule has 1 saturated heterocycles. The minimum Gasteiger partial charge on any atom is -0.493 e. The first kappa shape index (κ1) is 26.0. The lowest BCUT2D eigenvalue weighted by atomic mass is 10.1. The molecule has 30 heavy (non-hydrogen) atoms. The van der Waals surface area contributed by atoms with Crippen molar-refractivity contribution in [3.63, 3.8) is 0 Å². The second-order valence-electron chi connectivity index (χ2n) is 6.93. The number of aryl methyl sites for hydroxylation is 1. The highest BCUT2D eigenvalue weighted by Crippen LogP contribution is 2.36. The average molecular weight is 443 g/mol. The lowest BCUT2D eigenvalue weighted by Crippen LogP contribution is -2.41. The molecule has 0 aromatic heterocycles. The number of ether oxygens (including phenoxy) is 1. The molecule has 0 spiro atoms. The van der Waals surface area contributed by atoms with Crippen molar-refractivity contribution in [2.24, 2.45) is 0 Å². The largest absolute Gasteiger partial charge is 0.493 e. The maximum absolute atomic E-state index is 13.0. The number of halogens is 6. The second kappa shape index (κ2) is 11.4. The normalized spacial score (nSPS) is 16.0. The summed E-state index contributed by atoms with van der Waals surface area (Å²) in [4.78, 5) is 11.2. The molecule has 1 heterocycles. The molecule has 1 fully saturated rings. The zero-order chi connectivity index (χ0) is 22.9. The summed E-state index contributed by atoms with van der Waals surface area (Å²) in [5.41, 5.74) is -0.273. The molecule has 0 bridgehead atoms. The van der Waals surface area contributed by atoms with Crippen LogP contribution in [-0.2, 0) is 11.0 Å². The van der Waals surface area contributed by atoms with Crippen molar-refractivity contribution < 1.29 is 41.0 Å². The van der Waals surface area contributed by atoms with Gasteiger partial charge < -0.3 is 20.1 Å². The van der Waals surface area contributed by atoms with Gasteiger partial charge in [0.1, 0.15) is 5.75 Å². The maximum atomic E-state index is 13.0. The zero-order valence-corrected chi connectivity index (χ0v) is 16.7. The summed E-state index contributed by atoms with van der Waals surface area (Å²) in [7, 11) is 2.11. The SMILES string of the molecule is Cc1[c]cc(OCCCNC2CCN(C)CC2)c(C(F)(F)F)c1.O=C(O)C(F)(F)F. The predicted octanol–water partition coefficient (Wildman–Crippen LogP) is 3.90. The van der Waals surface area contributed by atoms with Gasteiger partial charge in [0, 0.05) is 6.04 Å². The van der Waals surface area contributed by atoms with Gasteiger partial charge in [-0.05, 0) is 76.6 Å². The number of alkyl halides is 6. The van der Waals surface area contributed by atoms with Gasteiger partial charge in [0.25, 0.3) is 0 Å². The first-order valence-electron chi connectivity index (χ1n) is 9.25. The van der Waals surface area contributed by atoms with E-state index in [4.69, 9.17) is 14.6 Å². The van der Waals surface area contributed by atoms with Gasteiger partial charge >= 0.3 is 18.3 Å². The van der Waals surface area contributed by atoms with Crippen LogP contribution in [0.2, 0.25) is 0 Å². The first-order valence-corrected chi connectivity index (χ1v) is 9.25. The van der Waals surface area contributed by atoms with E-state index in [0.29, 0.717) is 18.0 Å². The van der Waals surface area contributed by atoms with Gasteiger partial charge in [-0.3, -0.25) is 0 Å². The van der Waals surface area contributed by atoms with Crippen LogP contribution in [0.3, 0.4) is 0 Å². The predicted molar refractivity (Wildman–Crippen MR) is 97.3 cm³/mol. The number of nitrogens with one attached hydrogen (secondary N) is 1. The number of benzene rings is 1. The van der Waals surface area contributed by atoms with Gasteiger partial charge in [0.05, 0.1) is 12.2 Å². The highest BCUT2D eigenvalue weighted by atomic mass is 19.4. The molecule has 1 aromatic rings. The van der Waals surface area contributed by atoms with Crippen molar-refractivity contribution in [3.05, 3.63) is 29.3 Å². The van der Waals surface area contributed by atoms with Crippen LogP contribution >= 0.6 is 0 Å². The van der Waals surface area contributed by atoms with Crippen molar-refractivity contribution >= 4 is 5.97 Å². The van der Waals surface area contributed by atoms with E-state index in [1.165, 1.54) is 6.07 Å². The summed E-state index contributed by atoms with van der Waals surface area (Å²) in [5.74, 6) is -2.89. The summed E-state index contributed by atoms with van der Waals surface area (Å²) < 4.78 is 76.0. The van der Waals surface area contributed by atoms with E-state index < -0.39 is 23.9 Å². The molecule has 1 aliphatic heterocycles. The van der Waals surface area contributed by atoms with E-state index >= 15 is 0 Å². The van der Waals surface area contributed by atoms with Gasteiger partial charge in [-0.2, -0.15) is 26.3 Å². The van der Waals surface area contributed by atoms with E-state index in [1.54, 1.807) is 6.92 Å². The summed E-state index contributed by atoms with van der Waals surface area (Å²) in [6.45, 7) is 4.78. The second-order valence-corrected chi connectivity index (χ2v) is 6.93. The number of rotatable bonds is 6. The van der Waals surface area contributed by atoms with Crippen LogP contribution in [0.4, 0.5) is 26.3 Å². The standard InChI is InChI=1S/C17H24F3N2O.C2HF3O2/c1-13-4-5-16(15(12-13)17(18,19)20)23-11-3-8-21-14-6-9-22(2)10-7-14;3-2(4,5)1(6)7/h5,12,14,21H,3,6-11H2,1-2H3;(H,6,7). The van der Waals surface area contributed by atoms with Crippen LogP contribution in [0.15, 0.2) is 12.1 Å². The highest BCUT2D eigenvalue weighted by Gasteiger charge is 2.38. The molecular formula is C19H25F6N2O3. The number of likely N-dealkylation sites (tertiary alicyclic amines) is 1. The average Bonchev–Trinajstić information content (AvgIpc) is 2.63. The smallest absolute Gasteiger partial charge is 0.490 e. The fourth-order valence-corrected chi connectivity index (χ4v) is 2.70. The minimum atomic E-state index is -5.08. The van der Waals surface area contributed by atoms with E-state index in [2.05, 4.69) is 23.3 Å². The van der Waals surface area contributed by atoms with Gasteiger partial charge in [-0.15, -0.1) is 0 Å². The number of hydrogen-bond donors (Lipinski definition) is 2. The molecule has 5 nitrogen and oxygen atoms in total. The molecule has 2 rings (SSSR count). The monoisotopic (exact) mass is 443 g/mol. The molecule has 0 saturated carbocycles. The van der Waals surface area contributed by atoms with E-state index in [0.717, 1.165) is 38.5 Å². The van der Waals surface area contributed by atoms with Crippen LogP contribution in [-0.4, -0.2) is 61.5 Å². The lowest BCUT2D eigenvalue weighted by molar-refractivity contribution is -0.192. The van der Waals surface area contributed by atoms with E-state index in [-0.39, 0.29) is 12.4 Å². The maximum Gasteiger partial charge on any atom is 0.490 e. The van der Waals surface area contributed by atoms with Crippen LogP contribution in [0.5, 0.6) is 5.75 Å². The summed E-state index contributed by atoms with van der Waals surface area (Å²) in [6.07, 6.45) is -6.58. The molecule has 2 N–H and O–H groups in total. The lowest BCUT2D eigenvalue weighted by Gasteiger charge is -2.29. The molecule has 11 heteroatoms. The first-order chi connectivity index (χ1) is 13.8. The molecule has 1 aliphatic rings. The number of carbonyl (C=O) groups is 1. The van der Waals surface area contributed by atoms with Crippen LogP contribution in [0.25, 0.3) is 0 Å². The van der Waals surface area contributed by atoms with Gasteiger partial charge in [-0.1, -0.05) is 0 Å². The molecule has 0 atom stereocenters. The van der Waals surface area contributed by atoms with E-state index in [9.17, 15) is 26.3 Å². The minimum absolute atomic E-state index is 0.137. The Balaban J connectivity index is 0.000000553. The van der Waals surface area contributed by atoms with Crippen LogP contribution in [0.1, 0.15) is 30.4 Å². The molecule has 0 unspecified atom stereocenters. The van der Waals surface area contributed by atoms with E-state index in [1.807, 2.05) is 0 Å². The Morgan fingerprint density at radius 3 is 2.33 bits per heavy atom. The van der Waals surface area contributed by atoms with Crippen molar-refractivity contribution in [1.29, 1.82) is 0 Å². The third-order valence-electron chi connectivity index (χ3n) is 4.34. The Morgan fingerprint density at radius 2 is 1.83 bits per heavy atom. The number of piperidine rings is 1. The van der Waals surface area contributed by atoms with Crippen LogP contribution in [0, 0.1) is 13.0 Å². The van der Waals surface area contributed by atoms with Gasteiger partial charge in [-0.25, -0.2) is 4.79 Å². The summed E-state index contributed by atoms with van der Waals surface area (Å²) in [6, 6.07) is 5.62. The summed E-state index contributed by atoms with van der Waals surface area (Å²) >= 11 is 0. The molecule has 1 radical (unpaired) electrons. The Bertz CT molecular complexity index is 671. The topological polar surface area (TPSA) is 61.8 Å². The number of aliphatic carboxylic acids is 1. The van der Waals surface area contributed by atoms with Crippen molar-refractivity contribution in [3.8, 4) is 5.75 Å². The van der Waals surface area contributed by atoms with Crippen molar-refractivity contribution in [1.82, 2.24) is 10.2 Å². The third kappa shape index (κ3) is 9.66. The number of nitrogens with zero attached hydrogens (tertiary/aromatic N) is 1. The Morgan fingerprint density at radius 1 is 1.27 bits per heavy atom. The number of hydrogen-bond acceptors (Lipinski definition) is 4. The van der Waals surface area contributed by atoms with Gasteiger partial charge in [0.15, 0.2) is 0 Å².